The van der Waals surface area contributed by atoms with Crippen molar-refractivity contribution in [2.75, 3.05) is 27.2 Å². The molecule has 0 aromatic heterocycles. The van der Waals surface area contributed by atoms with Crippen molar-refractivity contribution in [3.05, 3.63) is 0 Å². The monoisotopic (exact) mass is 242 g/mol. The topological polar surface area (TPSA) is 82.2 Å². The summed E-state index contributed by atoms with van der Waals surface area (Å²) >= 11 is 0. The molecule has 0 fully saturated rings. The fraction of sp³-hybridized carbons (Fsp3) is 0.833. The van der Waals surface area contributed by atoms with Crippen molar-refractivity contribution in [1.82, 2.24) is 10.2 Å². The molecule has 0 rings (SSSR count). The predicted octanol–water partition coefficient (Wildman–Crippen LogP) is 0.567. The summed E-state index contributed by atoms with van der Waals surface area (Å²) in [7, 11) is 3.52. The molecule has 0 aliphatic heterocycles. The molecule has 0 unspecified atom stereocenters. The molecule has 0 saturated carbocycles. The Labute approximate surface area is 105 Å². The quantitative estimate of drug-likeness (QED) is 0.690. The number of hydrogen-bond acceptors (Lipinski definition) is 4. The Morgan fingerprint density at radius 3 is 2.29 bits per heavy atom. The zero-order valence-corrected chi connectivity index (χ0v) is 11.7. The first-order valence-corrected chi connectivity index (χ1v) is 5.98. The first-order chi connectivity index (χ1) is 7.95. The molecule has 3 N–H and O–H groups in total. The number of hydrogen-bond donors (Lipinski definition) is 2. The van der Waals surface area contributed by atoms with Crippen LogP contribution in [0.15, 0.2) is 0 Å². The van der Waals surface area contributed by atoms with Crippen LogP contribution in [0.3, 0.4) is 0 Å². The third kappa shape index (κ3) is 8.66. The number of carbonyl (C=O) groups is 1. The van der Waals surface area contributed by atoms with E-state index in [2.05, 4.69) is 12.2 Å². The van der Waals surface area contributed by atoms with Crippen LogP contribution >= 0.6 is 0 Å². The molecule has 1 amide bonds. The van der Waals surface area contributed by atoms with Crippen molar-refractivity contribution in [1.29, 1.82) is 5.26 Å². The van der Waals surface area contributed by atoms with Gasteiger partial charge in [0.2, 0.25) is 5.91 Å². The Morgan fingerprint density at radius 2 is 2.00 bits per heavy atom. The lowest BCUT2D eigenvalue weighted by Crippen LogP contribution is -2.45. The summed E-state index contributed by atoms with van der Waals surface area (Å²) in [6.45, 7) is 7.16. The van der Waals surface area contributed by atoms with Gasteiger partial charge in [-0.05, 0) is 19.5 Å². The fourth-order valence-electron chi connectivity index (χ4n) is 0.936. The van der Waals surface area contributed by atoms with E-state index in [0.717, 1.165) is 13.0 Å². The second-order valence-corrected chi connectivity index (χ2v) is 3.97. The smallest absolute Gasteiger partial charge is 0.240 e. The van der Waals surface area contributed by atoms with E-state index >= 15 is 0 Å². The Hall–Kier alpha value is -1.12. The molecule has 0 aliphatic rings. The standard InChI is InChI=1S/C9H17N3O.C3H9N/c1-4-7(2)8(11)9(13)12(3)6-5-10;1-3-4-2/h7-8H,4,6,11H2,1-3H3;4H,3H2,1-2H3/t7-,8-;/m0./s1. The molecule has 100 valence electrons. The van der Waals surface area contributed by atoms with Gasteiger partial charge in [0, 0.05) is 7.05 Å². The van der Waals surface area contributed by atoms with E-state index in [-0.39, 0.29) is 18.4 Å². The van der Waals surface area contributed by atoms with Crippen LogP contribution in [-0.4, -0.2) is 44.0 Å². The van der Waals surface area contributed by atoms with Crippen LogP contribution < -0.4 is 11.1 Å². The van der Waals surface area contributed by atoms with Crippen LogP contribution in [0.1, 0.15) is 27.2 Å². The average Bonchev–Trinajstić information content (AvgIpc) is 2.36. The molecule has 5 nitrogen and oxygen atoms in total. The number of amides is 1. The van der Waals surface area contributed by atoms with Gasteiger partial charge in [-0.15, -0.1) is 0 Å². The molecular weight excluding hydrogens is 216 g/mol. The summed E-state index contributed by atoms with van der Waals surface area (Å²) in [5.41, 5.74) is 5.70. The molecule has 0 aromatic carbocycles. The Morgan fingerprint density at radius 1 is 1.53 bits per heavy atom. The van der Waals surface area contributed by atoms with E-state index in [4.69, 9.17) is 11.0 Å². The van der Waals surface area contributed by atoms with Gasteiger partial charge in [-0.25, -0.2) is 0 Å². The minimum absolute atomic E-state index is 0.100. The first-order valence-electron chi connectivity index (χ1n) is 5.98. The van der Waals surface area contributed by atoms with E-state index < -0.39 is 6.04 Å². The molecule has 17 heavy (non-hydrogen) atoms. The third-order valence-electron chi connectivity index (χ3n) is 2.58. The highest BCUT2D eigenvalue weighted by molar-refractivity contribution is 5.81. The zero-order valence-electron chi connectivity index (χ0n) is 11.7. The average molecular weight is 242 g/mol. The van der Waals surface area contributed by atoms with Gasteiger partial charge >= 0.3 is 0 Å². The van der Waals surface area contributed by atoms with E-state index in [0.29, 0.717) is 0 Å². The van der Waals surface area contributed by atoms with E-state index in [9.17, 15) is 4.79 Å². The number of nitrogens with two attached hydrogens (primary N) is 1. The van der Waals surface area contributed by atoms with E-state index in [1.807, 2.05) is 27.0 Å². The number of likely N-dealkylation sites (N-methyl/N-ethyl adjacent to an activating group) is 1. The lowest BCUT2D eigenvalue weighted by Gasteiger charge is -2.22. The first kappa shape index (κ1) is 18.3. The van der Waals surface area contributed by atoms with Gasteiger partial charge in [-0.1, -0.05) is 27.2 Å². The number of carbonyl (C=O) groups excluding carboxylic acids is 1. The van der Waals surface area contributed by atoms with Gasteiger partial charge in [0.05, 0.1) is 12.1 Å². The second kappa shape index (κ2) is 11.4. The number of nitrogens with zero attached hydrogens (tertiary/aromatic N) is 2. The molecule has 0 radical (unpaired) electrons. The van der Waals surface area contributed by atoms with Crippen LogP contribution in [0.4, 0.5) is 0 Å². The van der Waals surface area contributed by atoms with Crippen LogP contribution in [0.25, 0.3) is 0 Å². The maximum atomic E-state index is 11.5. The summed E-state index contributed by atoms with van der Waals surface area (Å²) in [5.74, 6) is 0.00421. The van der Waals surface area contributed by atoms with Crippen LogP contribution in [-0.2, 0) is 4.79 Å². The van der Waals surface area contributed by atoms with Gasteiger partial charge in [0.25, 0.3) is 0 Å². The number of nitrogens with one attached hydrogen (secondary N) is 1. The van der Waals surface area contributed by atoms with Crippen LogP contribution in [0, 0.1) is 17.2 Å². The summed E-state index contributed by atoms with van der Waals surface area (Å²) in [6, 6.07) is 1.43. The largest absolute Gasteiger partial charge is 0.331 e. The highest BCUT2D eigenvalue weighted by atomic mass is 16.2. The molecule has 0 aliphatic carbocycles. The van der Waals surface area contributed by atoms with Crippen molar-refractivity contribution in [2.45, 2.75) is 33.2 Å². The Balaban J connectivity index is 0. The van der Waals surface area contributed by atoms with Crippen molar-refractivity contribution in [3.8, 4) is 6.07 Å². The SMILES string of the molecule is CCNC.CC[C@H](C)[C@H](N)C(=O)N(C)CC#N. The highest BCUT2D eigenvalue weighted by Crippen LogP contribution is 2.07. The van der Waals surface area contributed by atoms with Crippen molar-refractivity contribution >= 4 is 5.91 Å². The van der Waals surface area contributed by atoms with Gasteiger partial charge in [0.1, 0.15) is 6.54 Å². The normalized spacial score (nSPS) is 12.8. The lowest BCUT2D eigenvalue weighted by molar-refractivity contribution is -0.131. The summed E-state index contributed by atoms with van der Waals surface area (Å²) in [4.78, 5) is 12.8. The molecular formula is C12H26N4O. The zero-order chi connectivity index (χ0) is 13.8. The maximum absolute atomic E-state index is 11.5. The second-order valence-electron chi connectivity index (χ2n) is 3.97. The molecule has 0 bridgehead atoms. The van der Waals surface area contributed by atoms with Crippen molar-refractivity contribution < 1.29 is 4.79 Å². The maximum Gasteiger partial charge on any atom is 0.240 e. The minimum Gasteiger partial charge on any atom is -0.331 e. The fourth-order valence-corrected chi connectivity index (χ4v) is 0.936. The van der Waals surface area contributed by atoms with Gasteiger partial charge in [-0.2, -0.15) is 5.26 Å². The molecule has 5 heteroatoms. The third-order valence-corrected chi connectivity index (χ3v) is 2.58. The predicted molar refractivity (Wildman–Crippen MR) is 70.3 cm³/mol. The van der Waals surface area contributed by atoms with Gasteiger partial charge in [0.15, 0.2) is 0 Å². The van der Waals surface area contributed by atoms with Crippen LogP contribution in [0.5, 0.6) is 0 Å². The minimum atomic E-state index is -0.483. The number of nitriles is 1. The van der Waals surface area contributed by atoms with Crippen molar-refractivity contribution in [3.63, 3.8) is 0 Å². The molecule has 0 aromatic rings. The van der Waals surface area contributed by atoms with Gasteiger partial charge in [-0.3, -0.25) is 4.79 Å². The molecule has 0 spiro atoms. The summed E-state index contributed by atoms with van der Waals surface area (Å²) < 4.78 is 0. The van der Waals surface area contributed by atoms with Crippen molar-refractivity contribution in [2.24, 2.45) is 11.7 Å². The Kier molecular flexibility index (Phi) is 12.2. The van der Waals surface area contributed by atoms with Gasteiger partial charge < -0.3 is 16.0 Å². The molecule has 2 atom stereocenters. The number of rotatable bonds is 5. The molecule has 0 saturated heterocycles. The highest BCUT2D eigenvalue weighted by Gasteiger charge is 2.22. The van der Waals surface area contributed by atoms with Crippen LogP contribution in [0.2, 0.25) is 0 Å². The van der Waals surface area contributed by atoms with E-state index in [1.165, 1.54) is 4.90 Å². The summed E-state index contributed by atoms with van der Waals surface area (Å²) in [5, 5.41) is 11.3. The Bertz CT molecular complexity index is 235. The van der Waals surface area contributed by atoms with E-state index in [1.54, 1.807) is 7.05 Å². The summed E-state index contributed by atoms with van der Waals surface area (Å²) in [6.07, 6.45) is 0.868. The molecule has 0 heterocycles. The lowest BCUT2D eigenvalue weighted by atomic mass is 9.99.